The molecule has 0 atom stereocenters. The molecule has 0 aliphatic carbocycles. The lowest BCUT2D eigenvalue weighted by Crippen LogP contribution is -2.34. The van der Waals surface area contributed by atoms with Crippen molar-refractivity contribution in [2.24, 2.45) is 0 Å². The molecule has 1 saturated heterocycles. The van der Waals surface area contributed by atoms with Gasteiger partial charge >= 0.3 is 0 Å². The minimum absolute atomic E-state index is 0.0252. The molecule has 1 aromatic carbocycles. The van der Waals surface area contributed by atoms with Crippen LogP contribution in [0.5, 0.6) is 0 Å². The van der Waals surface area contributed by atoms with Crippen LogP contribution in [0.4, 0.5) is 5.69 Å². The molecule has 112 valence electrons. The number of sulfone groups is 1. The summed E-state index contributed by atoms with van der Waals surface area (Å²) in [6.07, 6.45) is 0.339. The van der Waals surface area contributed by atoms with Crippen LogP contribution in [-0.2, 0) is 25.6 Å². The zero-order valence-corrected chi connectivity index (χ0v) is 12.7. The second-order valence-corrected chi connectivity index (χ2v) is 9.13. The lowest BCUT2D eigenvalue weighted by molar-refractivity contribution is 0.434. The second-order valence-electron chi connectivity index (χ2n) is 4.86. The van der Waals surface area contributed by atoms with Crippen LogP contribution >= 0.6 is 0 Å². The Balaban J connectivity index is 2.17. The standard InChI is InChI=1S/C12H18N2O4S2/c13-12-5-2-1-4-11(12)10-20(17,18)14-6-3-8-19(15,16)9-7-14/h1-2,4-5H,3,6-10,13H2. The molecule has 6 nitrogen and oxygen atoms in total. The molecular formula is C12H18N2O4S2. The van der Waals surface area contributed by atoms with Gasteiger partial charge in [-0.15, -0.1) is 0 Å². The van der Waals surface area contributed by atoms with Gasteiger partial charge in [-0.05, 0) is 18.1 Å². The van der Waals surface area contributed by atoms with E-state index >= 15 is 0 Å². The summed E-state index contributed by atoms with van der Waals surface area (Å²) in [5, 5.41) is 0. The van der Waals surface area contributed by atoms with Crippen LogP contribution in [0.15, 0.2) is 24.3 Å². The molecule has 0 amide bonds. The molecule has 0 aromatic heterocycles. The highest BCUT2D eigenvalue weighted by molar-refractivity contribution is 7.91. The van der Waals surface area contributed by atoms with E-state index in [-0.39, 0.29) is 30.3 Å². The van der Waals surface area contributed by atoms with Gasteiger partial charge in [-0.3, -0.25) is 0 Å². The van der Waals surface area contributed by atoms with Crippen molar-refractivity contribution < 1.29 is 16.8 Å². The van der Waals surface area contributed by atoms with Crippen LogP contribution < -0.4 is 5.73 Å². The molecule has 2 rings (SSSR count). The van der Waals surface area contributed by atoms with Crippen molar-refractivity contribution in [2.75, 3.05) is 30.3 Å². The molecule has 1 aromatic rings. The van der Waals surface area contributed by atoms with Gasteiger partial charge in [-0.25, -0.2) is 21.1 Å². The minimum Gasteiger partial charge on any atom is -0.398 e. The Bertz CT molecular complexity index is 683. The Morgan fingerprint density at radius 3 is 2.55 bits per heavy atom. The second kappa shape index (κ2) is 5.71. The monoisotopic (exact) mass is 318 g/mol. The Morgan fingerprint density at radius 1 is 1.15 bits per heavy atom. The average Bonchev–Trinajstić information content (AvgIpc) is 2.53. The Hall–Kier alpha value is -1.12. The molecule has 0 bridgehead atoms. The third-order valence-corrected chi connectivity index (χ3v) is 6.84. The van der Waals surface area contributed by atoms with E-state index in [2.05, 4.69) is 0 Å². The van der Waals surface area contributed by atoms with E-state index in [0.29, 0.717) is 17.7 Å². The number of nitrogens with zero attached hydrogens (tertiary/aromatic N) is 1. The smallest absolute Gasteiger partial charge is 0.218 e. The summed E-state index contributed by atoms with van der Waals surface area (Å²) < 4.78 is 49.0. The van der Waals surface area contributed by atoms with Crippen molar-refractivity contribution >= 4 is 25.5 Å². The van der Waals surface area contributed by atoms with Gasteiger partial charge in [0.15, 0.2) is 9.84 Å². The number of hydrogen-bond donors (Lipinski definition) is 1. The molecule has 8 heteroatoms. The van der Waals surface area contributed by atoms with Gasteiger partial charge < -0.3 is 5.73 Å². The van der Waals surface area contributed by atoms with Crippen LogP contribution in [-0.4, -0.2) is 45.7 Å². The predicted octanol–water partition coefficient (Wildman–Crippen LogP) is 0.219. The summed E-state index contributed by atoms with van der Waals surface area (Å²) in [5.41, 5.74) is 6.72. The van der Waals surface area contributed by atoms with Crippen LogP contribution in [0.1, 0.15) is 12.0 Å². The average molecular weight is 318 g/mol. The number of nitrogens with two attached hydrogens (primary N) is 1. The number of nitrogen functional groups attached to an aromatic ring is 1. The molecular weight excluding hydrogens is 300 g/mol. The predicted molar refractivity (Wildman–Crippen MR) is 78.3 cm³/mol. The lowest BCUT2D eigenvalue weighted by Gasteiger charge is -2.19. The summed E-state index contributed by atoms with van der Waals surface area (Å²) in [7, 11) is -6.67. The summed E-state index contributed by atoms with van der Waals surface area (Å²) in [6, 6.07) is 6.79. The number of anilines is 1. The Morgan fingerprint density at radius 2 is 1.85 bits per heavy atom. The highest BCUT2D eigenvalue weighted by atomic mass is 32.2. The third kappa shape index (κ3) is 3.71. The quantitative estimate of drug-likeness (QED) is 0.804. The number of sulfonamides is 1. The third-order valence-electron chi connectivity index (χ3n) is 3.30. The SMILES string of the molecule is Nc1ccccc1CS(=O)(=O)N1CCCS(=O)(=O)CC1. The van der Waals surface area contributed by atoms with Gasteiger partial charge in [-0.2, -0.15) is 0 Å². The van der Waals surface area contributed by atoms with Gasteiger partial charge in [0.1, 0.15) is 0 Å². The number of hydrogen-bond acceptors (Lipinski definition) is 5. The van der Waals surface area contributed by atoms with E-state index in [1.807, 2.05) is 0 Å². The Labute approximate surface area is 119 Å². The fourth-order valence-corrected chi connectivity index (χ4v) is 5.15. The minimum atomic E-state index is -3.54. The van der Waals surface area contributed by atoms with Crippen LogP contribution in [0.25, 0.3) is 0 Å². The topological polar surface area (TPSA) is 97.5 Å². The number of para-hydroxylation sites is 1. The summed E-state index contributed by atoms with van der Waals surface area (Å²) in [5.74, 6) is -0.261. The van der Waals surface area contributed by atoms with Gasteiger partial charge in [0.2, 0.25) is 10.0 Å². The molecule has 0 unspecified atom stereocenters. The number of benzene rings is 1. The molecule has 0 saturated carbocycles. The van der Waals surface area contributed by atoms with Crippen molar-refractivity contribution in [3.63, 3.8) is 0 Å². The maximum atomic E-state index is 12.3. The van der Waals surface area contributed by atoms with Crippen LogP contribution in [0.2, 0.25) is 0 Å². The zero-order valence-electron chi connectivity index (χ0n) is 11.0. The van der Waals surface area contributed by atoms with Gasteiger partial charge in [0.25, 0.3) is 0 Å². The van der Waals surface area contributed by atoms with Crippen molar-refractivity contribution in [2.45, 2.75) is 12.2 Å². The molecule has 1 fully saturated rings. The molecule has 1 aliphatic heterocycles. The molecule has 1 heterocycles. The first-order valence-electron chi connectivity index (χ1n) is 6.32. The molecule has 2 N–H and O–H groups in total. The molecule has 20 heavy (non-hydrogen) atoms. The maximum absolute atomic E-state index is 12.3. The summed E-state index contributed by atoms with van der Waals surface area (Å²) >= 11 is 0. The van der Waals surface area contributed by atoms with Crippen molar-refractivity contribution in [1.29, 1.82) is 0 Å². The van der Waals surface area contributed by atoms with Crippen molar-refractivity contribution in [3.05, 3.63) is 29.8 Å². The van der Waals surface area contributed by atoms with Crippen molar-refractivity contribution in [3.8, 4) is 0 Å². The first kappa shape index (κ1) is 15.3. The zero-order chi connectivity index (χ0) is 14.8. The van der Waals surface area contributed by atoms with Crippen LogP contribution in [0, 0.1) is 0 Å². The Kier molecular flexibility index (Phi) is 4.36. The summed E-state index contributed by atoms with van der Waals surface area (Å²) in [6.45, 7) is 0.270. The van der Waals surface area contributed by atoms with E-state index in [0.717, 1.165) is 0 Å². The van der Waals surface area contributed by atoms with E-state index in [1.54, 1.807) is 24.3 Å². The highest BCUT2D eigenvalue weighted by Crippen LogP contribution is 2.18. The largest absolute Gasteiger partial charge is 0.398 e. The molecule has 1 aliphatic rings. The van der Waals surface area contributed by atoms with E-state index in [9.17, 15) is 16.8 Å². The molecule has 0 spiro atoms. The van der Waals surface area contributed by atoms with E-state index in [1.165, 1.54) is 4.31 Å². The van der Waals surface area contributed by atoms with Crippen molar-refractivity contribution in [1.82, 2.24) is 4.31 Å². The van der Waals surface area contributed by atoms with Gasteiger partial charge in [0.05, 0.1) is 17.3 Å². The van der Waals surface area contributed by atoms with Crippen LogP contribution in [0.3, 0.4) is 0 Å². The maximum Gasteiger partial charge on any atom is 0.218 e. The highest BCUT2D eigenvalue weighted by Gasteiger charge is 2.28. The fourth-order valence-electron chi connectivity index (χ4n) is 2.15. The van der Waals surface area contributed by atoms with E-state index in [4.69, 9.17) is 5.73 Å². The lowest BCUT2D eigenvalue weighted by atomic mass is 10.2. The summed E-state index contributed by atoms with van der Waals surface area (Å²) in [4.78, 5) is 0. The first-order valence-corrected chi connectivity index (χ1v) is 9.75. The fraction of sp³-hybridized carbons (Fsp3) is 0.500. The van der Waals surface area contributed by atoms with E-state index < -0.39 is 19.9 Å². The first-order chi connectivity index (χ1) is 9.30. The van der Waals surface area contributed by atoms with Gasteiger partial charge in [-0.1, -0.05) is 18.2 Å². The number of rotatable bonds is 3. The normalized spacial score (nSPS) is 20.4. The van der Waals surface area contributed by atoms with Gasteiger partial charge in [0, 0.05) is 18.8 Å². The molecule has 0 radical (unpaired) electrons.